The second-order valence-corrected chi connectivity index (χ2v) is 4.96. The summed E-state index contributed by atoms with van der Waals surface area (Å²) in [5, 5.41) is 5.30. The lowest BCUT2D eigenvalue weighted by Crippen LogP contribution is -2.25. The second kappa shape index (κ2) is 8.41. The van der Waals surface area contributed by atoms with Crippen LogP contribution in [0.1, 0.15) is 20.7 Å². The molecule has 6 heteroatoms. The SMILES string of the molecule is C#CCNC(=O)c1ccccc1NC(=O)c1ccc(OC)c(OC)c1. The Labute approximate surface area is 146 Å². The number of ether oxygens (including phenoxy) is 2. The first-order valence-electron chi connectivity index (χ1n) is 7.44. The van der Waals surface area contributed by atoms with Crippen molar-refractivity contribution in [2.75, 3.05) is 26.1 Å². The molecule has 0 aliphatic carbocycles. The fourth-order valence-electron chi connectivity index (χ4n) is 2.19. The van der Waals surface area contributed by atoms with E-state index < -0.39 is 0 Å². The van der Waals surface area contributed by atoms with Crippen LogP contribution in [0.2, 0.25) is 0 Å². The zero-order valence-corrected chi connectivity index (χ0v) is 14.0. The Morgan fingerprint density at radius 2 is 1.76 bits per heavy atom. The lowest BCUT2D eigenvalue weighted by atomic mass is 10.1. The van der Waals surface area contributed by atoms with Gasteiger partial charge in [-0.25, -0.2) is 0 Å². The maximum Gasteiger partial charge on any atom is 0.255 e. The van der Waals surface area contributed by atoms with E-state index in [-0.39, 0.29) is 18.4 Å². The molecule has 128 valence electrons. The molecule has 2 rings (SSSR count). The number of nitrogens with one attached hydrogen (secondary N) is 2. The maximum absolute atomic E-state index is 12.5. The number of hydrogen-bond acceptors (Lipinski definition) is 4. The second-order valence-electron chi connectivity index (χ2n) is 4.96. The van der Waals surface area contributed by atoms with Crippen molar-refractivity contribution >= 4 is 17.5 Å². The van der Waals surface area contributed by atoms with Gasteiger partial charge in [-0.15, -0.1) is 6.42 Å². The van der Waals surface area contributed by atoms with Crippen LogP contribution in [0.5, 0.6) is 11.5 Å². The highest BCUT2D eigenvalue weighted by molar-refractivity contribution is 6.09. The van der Waals surface area contributed by atoms with Crippen LogP contribution in [0, 0.1) is 12.3 Å². The third kappa shape index (κ3) is 4.30. The molecule has 25 heavy (non-hydrogen) atoms. The molecule has 0 radical (unpaired) electrons. The van der Waals surface area contributed by atoms with E-state index in [2.05, 4.69) is 16.6 Å². The molecule has 0 saturated heterocycles. The van der Waals surface area contributed by atoms with Crippen molar-refractivity contribution in [2.45, 2.75) is 0 Å². The summed E-state index contributed by atoms with van der Waals surface area (Å²) in [6.07, 6.45) is 5.14. The van der Waals surface area contributed by atoms with E-state index in [1.54, 1.807) is 42.5 Å². The molecule has 2 aromatic carbocycles. The number of benzene rings is 2. The summed E-state index contributed by atoms with van der Waals surface area (Å²) in [6, 6.07) is 11.5. The number of methoxy groups -OCH3 is 2. The van der Waals surface area contributed by atoms with Crippen LogP contribution in [0.15, 0.2) is 42.5 Å². The van der Waals surface area contributed by atoms with Crippen molar-refractivity contribution in [1.82, 2.24) is 5.32 Å². The zero-order chi connectivity index (χ0) is 18.2. The summed E-state index contributed by atoms with van der Waals surface area (Å²) in [5.74, 6) is 2.56. The molecule has 0 aliphatic rings. The van der Waals surface area contributed by atoms with Crippen LogP contribution < -0.4 is 20.1 Å². The number of rotatable bonds is 6. The summed E-state index contributed by atoms with van der Waals surface area (Å²) in [7, 11) is 3.01. The van der Waals surface area contributed by atoms with Gasteiger partial charge in [-0.2, -0.15) is 0 Å². The van der Waals surface area contributed by atoms with Gasteiger partial charge in [-0.05, 0) is 30.3 Å². The van der Waals surface area contributed by atoms with Gasteiger partial charge < -0.3 is 20.1 Å². The van der Waals surface area contributed by atoms with Gasteiger partial charge in [0.25, 0.3) is 11.8 Å². The van der Waals surface area contributed by atoms with Gasteiger partial charge in [0.2, 0.25) is 0 Å². The molecule has 0 heterocycles. The van der Waals surface area contributed by atoms with Crippen molar-refractivity contribution in [2.24, 2.45) is 0 Å². The molecule has 0 unspecified atom stereocenters. The molecule has 0 saturated carbocycles. The first-order valence-corrected chi connectivity index (χ1v) is 7.44. The largest absolute Gasteiger partial charge is 0.493 e. The molecule has 6 nitrogen and oxygen atoms in total. The Bertz CT molecular complexity index is 824. The summed E-state index contributed by atoms with van der Waals surface area (Å²) in [4.78, 5) is 24.6. The first-order chi connectivity index (χ1) is 12.1. The molecule has 0 spiro atoms. The van der Waals surface area contributed by atoms with Crippen molar-refractivity contribution in [3.05, 3.63) is 53.6 Å². The average molecular weight is 338 g/mol. The number of carbonyl (C=O) groups is 2. The number of terminal acetylenes is 1. The quantitative estimate of drug-likeness (QED) is 0.793. The predicted octanol–water partition coefficient (Wildman–Crippen LogP) is 2.32. The Balaban J connectivity index is 2.24. The minimum Gasteiger partial charge on any atom is -0.493 e. The third-order valence-corrected chi connectivity index (χ3v) is 3.42. The molecule has 0 aromatic heterocycles. The topological polar surface area (TPSA) is 76.7 Å². The van der Waals surface area contributed by atoms with E-state index in [0.29, 0.717) is 28.3 Å². The fraction of sp³-hybridized carbons (Fsp3) is 0.158. The van der Waals surface area contributed by atoms with Crippen LogP contribution in [0.3, 0.4) is 0 Å². The molecule has 2 N–H and O–H groups in total. The lowest BCUT2D eigenvalue weighted by Gasteiger charge is -2.12. The molecule has 0 fully saturated rings. The first kappa shape index (κ1) is 17.9. The highest BCUT2D eigenvalue weighted by atomic mass is 16.5. The van der Waals surface area contributed by atoms with Crippen molar-refractivity contribution in [1.29, 1.82) is 0 Å². The van der Waals surface area contributed by atoms with Gasteiger partial charge in [0.15, 0.2) is 11.5 Å². The lowest BCUT2D eigenvalue weighted by molar-refractivity contribution is 0.0959. The maximum atomic E-state index is 12.5. The molecule has 2 aromatic rings. The van der Waals surface area contributed by atoms with E-state index in [4.69, 9.17) is 15.9 Å². The summed E-state index contributed by atoms with van der Waals surface area (Å²) < 4.78 is 10.3. The third-order valence-electron chi connectivity index (χ3n) is 3.42. The van der Waals surface area contributed by atoms with Crippen molar-refractivity contribution in [3.63, 3.8) is 0 Å². The van der Waals surface area contributed by atoms with E-state index in [9.17, 15) is 9.59 Å². The highest BCUT2D eigenvalue weighted by Crippen LogP contribution is 2.28. The molecule has 0 aliphatic heterocycles. The molecule has 0 bridgehead atoms. The molecular weight excluding hydrogens is 320 g/mol. The minimum atomic E-state index is -0.377. The van der Waals surface area contributed by atoms with Crippen LogP contribution in [-0.4, -0.2) is 32.6 Å². The van der Waals surface area contributed by atoms with E-state index in [1.165, 1.54) is 14.2 Å². The van der Waals surface area contributed by atoms with Gasteiger partial charge in [0, 0.05) is 5.56 Å². The van der Waals surface area contributed by atoms with Crippen LogP contribution in [0.25, 0.3) is 0 Å². The number of para-hydroxylation sites is 1. The van der Waals surface area contributed by atoms with Gasteiger partial charge in [-0.3, -0.25) is 9.59 Å². The zero-order valence-electron chi connectivity index (χ0n) is 14.0. The molecule has 0 atom stereocenters. The van der Waals surface area contributed by atoms with Crippen LogP contribution >= 0.6 is 0 Å². The highest BCUT2D eigenvalue weighted by Gasteiger charge is 2.15. The summed E-state index contributed by atoms with van der Waals surface area (Å²) in [6.45, 7) is 0.108. The van der Waals surface area contributed by atoms with E-state index >= 15 is 0 Å². The summed E-state index contributed by atoms with van der Waals surface area (Å²) in [5.41, 5.74) is 1.08. The van der Waals surface area contributed by atoms with Gasteiger partial charge >= 0.3 is 0 Å². The number of amides is 2. The van der Waals surface area contributed by atoms with Crippen LogP contribution in [-0.2, 0) is 0 Å². The average Bonchev–Trinajstić information content (AvgIpc) is 2.65. The molecule has 2 amide bonds. The number of hydrogen-bond donors (Lipinski definition) is 2. The van der Waals surface area contributed by atoms with E-state index in [0.717, 1.165) is 0 Å². The van der Waals surface area contributed by atoms with E-state index in [1.807, 2.05) is 0 Å². The minimum absolute atomic E-state index is 0.108. The Hall–Kier alpha value is -3.46. The fourth-order valence-corrected chi connectivity index (χ4v) is 2.19. The van der Waals surface area contributed by atoms with Crippen molar-refractivity contribution in [3.8, 4) is 23.8 Å². The van der Waals surface area contributed by atoms with Gasteiger partial charge in [0.1, 0.15) is 0 Å². The van der Waals surface area contributed by atoms with Gasteiger partial charge in [-0.1, -0.05) is 18.1 Å². The predicted molar refractivity (Wildman–Crippen MR) is 95.1 cm³/mol. The van der Waals surface area contributed by atoms with Crippen molar-refractivity contribution < 1.29 is 19.1 Å². The monoisotopic (exact) mass is 338 g/mol. The summed E-state index contributed by atoms with van der Waals surface area (Å²) >= 11 is 0. The normalized spacial score (nSPS) is 9.64. The smallest absolute Gasteiger partial charge is 0.255 e. The number of anilines is 1. The van der Waals surface area contributed by atoms with Gasteiger partial charge in [0.05, 0.1) is 32.0 Å². The standard InChI is InChI=1S/C19H18N2O4/c1-4-11-20-19(23)14-7-5-6-8-15(14)21-18(22)13-9-10-16(24-2)17(12-13)25-3/h1,5-10,12H,11H2,2-3H3,(H,20,23)(H,21,22). The Morgan fingerprint density at radius 1 is 1.04 bits per heavy atom. The Kier molecular flexibility index (Phi) is 6.02. The number of carbonyl (C=O) groups excluding carboxylic acids is 2. The Morgan fingerprint density at radius 3 is 2.44 bits per heavy atom. The van der Waals surface area contributed by atoms with Crippen LogP contribution in [0.4, 0.5) is 5.69 Å². The molecular formula is C19H18N2O4.